The van der Waals surface area contributed by atoms with E-state index in [4.69, 9.17) is 15.9 Å². The van der Waals surface area contributed by atoms with Gasteiger partial charge in [0.2, 0.25) is 5.95 Å². The van der Waals surface area contributed by atoms with Gasteiger partial charge in [-0.3, -0.25) is 0 Å². The highest BCUT2D eigenvalue weighted by Crippen LogP contribution is 2.02. The minimum atomic E-state index is -0.195. The van der Waals surface area contributed by atoms with E-state index in [0.29, 0.717) is 11.4 Å². The van der Waals surface area contributed by atoms with Gasteiger partial charge < -0.3 is 15.9 Å². The van der Waals surface area contributed by atoms with Crippen molar-refractivity contribution < 1.29 is 10.2 Å². The van der Waals surface area contributed by atoms with Crippen LogP contribution in [0.15, 0.2) is 6.07 Å². The van der Waals surface area contributed by atoms with Crippen molar-refractivity contribution in [2.45, 2.75) is 13.2 Å². The van der Waals surface area contributed by atoms with Gasteiger partial charge in [0.15, 0.2) is 0 Å². The molecule has 1 aromatic heterocycles. The molecule has 1 aromatic rings. The molecule has 60 valence electrons. The lowest BCUT2D eigenvalue weighted by atomic mass is 10.3. The van der Waals surface area contributed by atoms with Crippen LogP contribution in [0.5, 0.6) is 0 Å². The Hall–Kier alpha value is -1.20. The number of rotatable bonds is 2. The van der Waals surface area contributed by atoms with Crippen LogP contribution in [0, 0.1) is 0 Å². The van der Waals surface area contributed by atoms with Crippen molar-refractivity contribution in [3.8, 4) is 0 Å². The molecular formula is C6H9N3O2. The zero-order valence-corrected chi connectivity index (χ0v) is 5.86. The zero-order valence-electron chi connectivity index (χ0n) is 5.86. The Kier molecular flexibility index (Phi) is 2.35. The molecule has 0 saturated carbocycles. The van der Waals surface area contributed by atoms with E-state index in [-0.39, 0.29) is 19.2 Å². The predicted octanol–water partition coefficient (Wildman–Crippen LogP) is -0.957. The molecule has 11 heavy (non-hydrogen) atoms. The van der Waals surface area contributed by atoms with Gasteiger partial charge in [-0.1, -0.05) is 0 Å². The molecule has 4 N–H and O–H groups in total. The van der Waals surface area contributed by atoms with Crippen LogP contribution in [-0.4, -0.2) is 20.2 Å². The molecule has 0 saturated heterocycles. The number of aromatic nitrogens is 2. The van der Waals surface area contributed by atoms with Gasteiger partial charge in [0.25, 0.3) is 0 Å². The smallest absolute Gasteiger partial charge is 0.220 e. The molecule has 0 amide bonds. The lowest BCUT2D eigenvalue weighted by Crippen LogP contribution is -2.02. The summed E-state index contributed by atoms with van der Waals surface area (Å²) in [6.45, 7) is -0.389. The SMILES string of the molecule is Nc1nc(CO)cc(CO)n1. The summed E-state index contributed by atoms with van der Waals surface area (Å²) in [4.78, 5) is 7.41. The molecule has 0 bridgehead atoms. The number of hydrogen-bond acceptors (Lipinski definition) is 5. The van der Waals surface area contributed by atoms with Crippen molar-refractivity contribution >= 4 is 5.95 Å². The Labute approximate surface area is 63.5 Å². The lowest BCUT2D eigenvalue weighted by Gasteiger charge is -1.99. The Morgan fingerprint density at radius 2 is 1.64 bits per heavy atom. The van der Waals surface area contributed by atoms with Crippen molar-refractivity contribution in [2.75, 3.05) is 5.73 Å². The molecule has 0 spiro atoms. The van der Waals surface area contributed by atoms with Gasteiger partial charge in [0.05, 0.1) is 24.6 Å². The van der Waals surface area contributed by atoms with Crippen molar-refractivity contribution in [3.05, 3.63) is 17.5 Å². The van der Waals surface area contributed by atoms with Crippen molar-refractivity contribution in [1.82, 2.24) is 9.97 Å². The molecule has 0 aliphatic heterocycles. The summed E-state index contributed by atoms with van der Waals surface area (Å²) in [5, 5.41) is 17.3. The first kappa shape index (κ1) is 7.90. The second-order valence-electron chi connectivity index (χ2n) is 2.03. The van der Waals surface area contributed by atoms with E-state index in [1.165, 1.54) is 6.07 Å². The lowest BCUT2D eigenvalue weighted by molar-refractivity contribution is 0.268. The number of aliphatic hydroxyl groups is 2. The Bertz CT molecular complexity index is 229. The standard InChI is InChI=1S/C6H9N3O2/c7-6-8-4(2-10)1-5(3-11)9-6/h1,10-11H,2-3H2,(H2,7,8,9). The summed E-state index contributed by atoms with van der Waals surface area (Å²) in [5.74, 6) is 0.0700. The average Bonchev–Trinajstić information content (AvgIpc) is 2.03. The van der Waals surface area contributed by atoms with Crippen LogP contribution in [0.3, 0.4) is 0 Å². The second-order valence-corrected chi connectivity index (χ2v) is 2.03. The van der Waals surface area contributed by atoms with Crippen LogP contribution in [-0.2, 0) is 13.2 Å². The van der Waals surface area contributed by atoms with Crippen molar-refractivity contribution in [1.29, 1.82) is 0 Å². The van der Waals surface area contributed by atoms with Crippen molar-refractivity contribution in [2.24, 2.45) is 0 Å². The second kappa shape index (κ2) is 3.27. The van der Waals surface area contributed by atoms with Gasteiger partial charge in [-0.15, -0.1) is 0 Å². The molecule has 1 heterocycles. The maximum atomic E-state index is 8.65. The fourth-order valence-corrected chi connectivity index (χ4v) is 0.738. The Morgan fingerprint density at radius 3 is 2.00 bits per heavy atom. The maximum absolute atomic E-state index is 8.65. The zero-order chi connectivity index (χ0) is 8.27. The Morgan fingerprint density at radius 1 is 1.18 bits per heavy atom. The first-order valence-corrected chi connectivity index (χ1v) is 3.10. The summed E-state index contributed by atoms with van der Waals surface area (Å²) in [5.41, 5.74) is 6.10. The molecule has 5 heteroatoms. The first-order chi connectivity index (χ1) is 5.26. The minimum Gasteiger partial charge on any atom is -0.390 e. The third-order valence-electron chi connectivity index (χ3n) is 1.17. The normalized spacial score (nSPS) is 10.0. The fourth-order valence-electron chi connectivity index (χ4n) is 0.738. The molecule has 0 radical (unpaired) electrons. The van der Waals surface area contributed by atoms with Gasteiger partial charge in [0, 0.05) is 0 Å². The van der Waals surface area contributed by atoms with E-state index >= 15 is 0 Å². The first-order valence-electron chi connectivity index (χ1n) is 3.10. The van der Waals surface area contributed by atoms with E-state index in [1.54, 1.807) is 0 Å². The average molecular weight is 155 g/mol. The topological polar surface area (TPSA) is 92.3 Å². The van der Waals surface area contributed by atoms with E-state index in [0.717, 1.165) is 0 Å². The molecule has 0 aliphatic carbocycles. The van der Waals surface area contributed by atoms with E-state index in [9.17, 15) is 0 Å². The molecule has 0 unspecified atom stereocenters. The van der Waals surface area contributed by atoms with Gasteiger partial charge >= 0.3 is 0 Å². The highest BCUT2D eigenvalue weighted by molar-refractivity contribution is 5.21. The maximum Gasteiger partial charge on any atom is 0.220 e. The molecule has 1 rings (SSSR count). The molecule has 0 fully saturated rings. The molecule has 0 aliphatic rings. The van der Waals surface area contributed by atoms with Gasteiger partial charge in [-0.05, 0) is 6.07 Å². The summed E-state index contributed by atoms with van der Waals surface area (Å²) in [6.07, 6.45) is 0. The van der Waals surface area contributed by atoms with Crippen LogP contribution >= 0.6 is 0 Å². The van der Waals surface area contributed by atoms with Gasteiger partial charge in [-0.25, -0.2) is 9.97 Å². The van der Waals surface area contributed by atoms with Gasteiger partial charge in [-0.2, -0.15) is 0 Å². The summed E-state index contributed by atoms with van der Waals surface area (Å²) in [6, 6.07) is 1.50. The molecule has 0 aromatic carbocycles. The third-order valence-corrected chi connectivity index (χ3v) is 1.17. The van der Waals surface area contributed by atoms with Crippen LogP contribution in [0.2, 0.25) is 0 Å². The number of nitrogen functional groups attached to an aromatic ring is 1. The largest absolute Gasteiger partial charge is 0.390 e. The van der Waals surface area contributed by atoms with Crippen LogP contribution in [0.4, 0.5) is 5.95 Å². The summed E-state index contributed by atoms with van der Waals surface area (Å²) >= 11 is 0. The van der Waals surface area contributed by atoms with Crippen LogP contribution < -0.4 is 5.73 Å². The van der Waals surface area contributed by atoms with Crippen LogP contribution in [0.1, 0.15) is 11.4 Å². The van der Waals surface area contributed by atoms with Crippen LogP contribution in [0.25, 0.3) is 0 Å². The minimum absolute atomic E-state index is 0.0700. The fraction of sp³-hybridized carbons (Fsp3) is 0.333. The summed E-state index contributed by atoms with van der Waals surface area (Å²) < 4.78 is 0. The summed E-state index contributed by atoms with van der Waals surface area (Å²) in [7, 11) is 0. The number of aliphatic hydroxyl groups excluding tert-OH is 2. The Balaban J connectivity index is 3.02. The highest BCUT2D eigenvalue weighted by atomic mass is 16.3. The highest BCUT2D eigenvalue weighted by Gasteiger charge is 1.99. The number of nitrogens with zero attached hydrogens (tertiary/aromatic N) is 2. The van der Waals surface area contributed by atoms with Crippen molar-refractivity contribution in [3.63, 3.8) is 0 Å². The number of nitrogens with two attached hydrogens (primary N) is 1. The molecule has 5 nitrogen and oxygen atoms in total. The monoisotopic (exact) mass is 155 g/mol. The van der Waals surface area contributed by atoms with E-state index in [1.807, 2.05) is 0 Å². The quantitative estimate of drug-likeness (QED) is 0.511. The third kappa shape index (κ3) is 1.86. The molecular weight excluding hydrogens is 146 g/mol. The number of hydrogen-bond donors (Lipinski definition) is 3. The number of anilines is 1. The predicted molar refractivity (Wildman–Crippen MR) is 38.3 cm³/mol. The van der Waals surface area contributed by atoms with E-state index in [2.05, 4.69) is 9.97 Å². The molecule has 0 atom stereocenters. The van der Waals surface area contributed by atoms with E-state index < -0.39 is 0 Å². The van der Waals surface area contributed by atoms with Gasteiger partial charge in [0.1, 0.15) is 0 Å².